The fraction of sp³-hybridized carbons (Fsp3) is 0.474. The van der Waals surface area contributed by atoms with Gasteiger partial charge in [-0.25, -0.2) is 4.98 Å². The monoisotopic (exact) mass is 359 g/mol. The molecule has 1 N–H and O–H groups in total. The van der Waals surface area contributed by atoms with Gasteiger partial charge in [-0.2, -0.15) is 0 Å². The summed E-state index contributed by atoms with van der Waals surface area (Å²) in [4.78, 5) is 19.4. The lowest BCUT2D eigenvalue weighted by atomic mass is 10.0. The van der Waals surface area contributed by atoms with E-state index in [9.17, 15) is 4.79 Å². The summed E-state index contributed by atoms with van der Waals surface area (Å²) >= 11 is 1.64. The molecule has 0 unspecified atom stereocenters. The number of aromatic nitrogens is 1. The molecule has 25 heavy (non-hydrogen) atoms. The van der Waals surface area contributed by atoms with Crippen molar-refractivity contribution in [1.29, 1.82) is 0 Å². The van der Waals surface area contributed by atoms with Crippen LogP contribution in [0.3, 0.4) is 0 Å². The Labute approximate surface area is 153 Å². The molecule has 0 radical (unpaired) electrons. The van der Waals surface area contributed by atoms with E-state index >= 15 is 0 Å². The minimum absolute atomic E-state index is 0.0641. The van der Waals surface area contributed by atoms with Crippen LogP contribution in [0.2, 0.25) is 0 Å². The molecule has 1 amide bonds. The van der Waals surface area contributed by atoms with Crippen molar-refractivity contribution < 1.29 is 9.53 Å². The van der Waals surface area contributed by atoms with Crippen molar-refractivity contribution in [3.05, 3.63) is 40.7 Å². The third-order valence-corrected chi connectivity index (χ3v) is 5.51. The Morgan fingerprint density at radius 3 is 2.72 bits per heavy atom. The van der Waals surface area contributed by atoms with Gasteiger partial charge in [0.05, 0.1) is 29.5 Å². The van der Waals surface area contributed by atoms with Crippen LogP contribution < -0.4 is 5.32 Å². The summed E-state index contributed by atoms with van der Waals surface area (Å²) in [7, 11) is 0. The number of thiazole rings is 1. The molecule has 1 fully saturated rings. The van der Waals surface area contributed by atoms with E-state index in [1.807, 2.05) is 32.0 Å². The van der Waals surface area contributed by atoms with Gasteiger partial charge in [-0.15, -0.1) is 11.3 Å². The lowest BCUT2D eigenvalue weighted by Crippen LogP contribution is -2.58. The van der Waals surface area contributed by atoms with Gasteiger partial charge in [-0.05, 0) is 13.8 Å². The summed E-state index contributed by atoms with van der Waals surface area (Å²) in [5.41, 5.74) is 1.62. The number of ether oxygens (including phenoxy) is 1. The molecule has 5 nitrogen and oxygen atoms in total. The van der Waals surface area contributed by atoms with Crippen LogP contribution in [-0.4, -0.2) is 54.2 Å². The summed E-state index contributed by atoms with van der Waals surface area (Å²) in [5.74, 6) is 0.0641. The van der Waals surface area contributed by atoms with E-state index in [1.54, 1.807) is 11.3 Å². The van der Waals surface area contributed by atoms with E-state index in [1.165, 1.54) is 0 Å². The standard InChI is InChI=1S/C19H25N3O2S/c1-19(2,22-10-12-24-13-11-22)18(23)20-9-8-17-21-16(14-25-17)15-6-4-3-5-7-15/h3-7,14H,8-13H2,1-2H3,(H,20,23). The number of carbonyl (C=O) groups is 1. The zero-order chi connectivity index (χ0) is 17.7. The molecule has 0 aliphatic carbocycles. The van der Waals surface area contributed by atoms with Crippen molar-refractivity contribution in [3.63, 3.8) is 0 Å². The molecule has 6 heteroatoms. The molecule has 1 aromatic carbocycles. The van der Waals surface area contributed by atoms with E-state index < -0.39 is 5.54 Å². The number of benzene rings is 1. The maximum atomic E-state index is 12.6. The van der Waals surface area contributed by atoms with Gasteiger partial charge in [0.25, 0.3) is 0 Å². The van der Waals surface area contributed by atoms with Crippen LogP contribution in [0.15, 0.2) is 35.7 Å². The van der Waals surface area contributed by atoms with E-state index in [4.69, 9.17) is 4.74 Å². The first-order valence-electron chi connectivity index (χ1n) is 8.68. The first kappa shape index (κ1) is 18.0. The van der Waals surface area contributed by atoms with Crippen molar-refractivity contribution >= 4 is 17.2 Å². The van der Waals surface area contributed by atoms with Gasteiger partial charge in [0.15, 0.2) is 0 Å². The second-order valence-corrected chi connectivity index (χ2v) is 7.60. The fourth-order valence-corrected chi connectivity index (χ4v) is 3.74. The largest absolute Gasteiger partial charge is 0.379 e. The third-order valence-electron chi connectivity index (χ3n) is 4.60. The lowest BCUT2D eigenvalue weighted by molar-refractivity contribution is -0.134. The zero-order valence-electron chi connectivity index (χ0n) is 14.8. The van der Waals surface area contributed by atoms with Crippen LogP contribution in [0.4, 0.5) is 0 Å². The van der Waals surface area contributed by atoms with Gasteiger partial charge < -0.3 is 10.1 Å². The number of morpholine rings is 1. The Kier molecular flexibility index (Phi) is 5.83. The SMILES string of the molecule is CC(C)(C(=O)NCCc1nc(-c2ccccc2)cs1)N1CCOCC1. The third kappa shape index (κ3) is 4.45. The number of amides is 1. The van der Waals surface area contributed by atoms with Crippen molar-refractivity contribution in [1.82, 2.24) is 15.2 Å². The summed E-state index contributed by atoms with van der Waals surface area (Å²) < 4.78 is 5.37. The lowest BCUT2D eigenvalue weighted by Gasteiger charge is -2.39. The Bertz CT molecular complexity index is 694. The maximum Gasteiger partial charge on any atom is 0.239 e. The molecule has 1 aliphatic heterocycles. The summed E-state index contributed by atoms with van der Waals surface area (Å²) in [5, 5.41) is 6.18. The molecule has 1 saturated heterocycles. The molecule has 0 spiro atoms. The minimum Gasteiger partial charge on any atom is -0.379 e. The highest BCUT2D eigenvalue weighted by Crippen LogP contribution is 2.22. The molecule has 134 valence electrons. The van der Waals surface area contributed by atoms with Gasteiger partial charge in [0.2, 0.25) is 5.91 Å². The Hall–Kier alpha value is -1.76. The molecule has 1 aromatic heterocycles. The van der Waals surface area contributed by atoms with Crippen molar-refractivity contribution in [2.45, 2.75) is 25.8 Å². The zero-order valence-corrected chi connectivity index (χ0v) is 15.6. The Balaban J connectivity index is 1.51. The average Bonchev–Trinajstić information content (AvgIpc) is 3.12. The summed E-state index contributed by atoms with van der Waals surface area (Å²) in [6, 6.07) is 10.2. The Morgan fingerprint density at radius 1 is 1.28 bits per heavy atom. The Morgan fingerprint density at radius 2 is 2.00 bits per heavy atom. The van der Waals surface area contributed by atoms with Gasteiger partial charge in [0, 0.05) is 37.0 Å². The molecule has 3 rings (SSSR count). The quantitative estimate of drug-likeness (QED) is 0.861. The molecular weight excluding hydrogens is 334 g/mol. The number of hydrogen-bond donors (Lipinski definition) is 1. The van der Waals surface area contributed by atoms with Crippen molar-refractivity contribution in [2.24, 2.45) is 0 Å². The highest BCUT2D eigenvalue weighted by molar-refractivity contribution is 7.09. The normalized spacial score (nSPS) is 15.9. The topological polar surface area (TPSA) is 54.5 Å². The van der Waals surface area contributed by atoms with Crippen LogP contribution in [0.5, 0.6) is 0 Å². The first-order valence-corrected chi connectivity index (χ1v) is 9.56. The van der Waals surface area contributed by atoms with Crippen LogP contribution in [0, 0.1) is 0 Å². The van der Waals surface area contributed by atoms with Crippen molar-refractivity contribution in [3.8, 4) is 11.3 Å². The van der Waals surface area contributed by atoms with E-state index in [-0.39, 0.29) is 5.91 Å². The van der Waals surface area contributed by atoms with Gasteiger partial charge >= 0.3 is 0 Å². The molecular formula is C19H25N3O2S. The smallest absolute Gasteiger partial charge is 0.239 e. The molecule has 2 aromatic rings. The van der Waals surface area contributed by atoms with E-state index in [2.05, 4.69) is 32.7 Å². The number of nitrogens with zero attached hydrogens (tertiary/aromatic N) is 2. The number of nitrogens with one attached hydrogen (secondary N) is 1. The summed E-state index contributed by atoms with van der Waals surface area (Å²) in [6.45, 7) is 7.54. The van der Waals surface area contributed by atoms with Gasteiger partial charge in [0.1, 0.15) is 0 Å². The van der Waals surface area contributed by atoms with Crippen LogP contribution in [0.25, 0.3) is 11.3 Å². The first-order chi connectivity index (χ1) is 12.1. The van der Waals surface area contributed by atoms with Crippen LogP contribution >= 0.6 is 11.3 Å². The predicted octanol–water partition coefficient (Wildman–Crippen LogP) is 2.58. The number of hydrogen-bond acceptors (Lipinski definition) is 5. The maximum absolute atomic E-state index is 12.6. The molecule has 0 bridgehead atoms. The van der Waals surface area contributed by atoms with Crippen molar-refractivity contribution in [2.75, 3.05) is 32.8 Å². The average molecular weight is 359 g/mol. The predicted molar refractivity (Wildman–Crippen MR) is 101 cm³/mol. The highest BCUT2D eigenvalue weighted by Gasteiger charge is 2.35. The second-order valence-electron chi connectivity index (χ2n) is 6.66. The van der Waals surface area contributed by atoms with Crippen LogP contribution in [0.1, 0.15) is 18.9 Å². The second kappa shape index (κ2) is 8.08. The van der Waals surface area contributed by atoms with Gasteiger partial charge in [-0.3, -0.25) is 9.69 Å². The number of carbonyl (C=O) groups excluding carboxylic acids is 1. The van der Waals surface area contributed by atoms with E-state index in [0.29, 0.717) is 19.8 Å². The van der Waals surface area contributed by atoms with Crippen LogP contribution in [-0.2, 0) is 16.0 Å². The van der Waals surface area contributed by atoms with E-state index in [0.717, 1.165) is 35.8 Å². The molecule has 0 atom stereocenters. The molecule has 0 saturated carbocycles. The van der Waals surface area contributed by atoms with Gasteiger partial charge in [-0.1, -0.05) is 30.3 Å². The minimum atomic E-state index is -0.512. The summed E-state index contributed by atoms with van der Waals surface area (Å²) in [6.07, 6.45) is 0.752. The molecule has 1 aliphatic rings. The number of rotatable bonds is 6. The molecule has 2 heterocycles. The fourth-order valence-electron chi connectivity index (χ4n) is 2.93. The highest BCUT2D eigenvalue weighted by atomic mass is 32.1.